The lowest BCUT2D eigenvalue weighted by Gasteiger charge is -2.21. The summed E-state index contributed by atoms with van der Waals surface area (Å²) in [6.07, 6.45) is 65.0. The highest BCUT2D eigenvalue weighted by Crippen LogP contribution is 2.45. The van der Waals surface area contributed by atoms with E-state index < -0.39 is 97.5 Å². The predicted octanol–water partition coefficient (Wildman–Crippen LogP) is 25.1. The Morgan fingerprint density at radius 2 is 0.500 bits per heavy atom. The van der Waals surface area contributed by atoms with Crippen molar-refractivity contribution < 1.29 is 80.2 Å². The van der Waals surface area contributed by atoms with Crippen molar-refractivity contribution in [3.8, 4) is 0 Å². The molecule has 0 saturated heterocycles. The molecule has 17 nitrogen and oxygen atoms in total. The Kier molecular flexibility index (Phi) is 73.1. The van der Waals surface area contributed by atoms with Gasteiger partial charge in [0.05, 0.1) is 26.4 Å². The number of unbranched alkanes of at least 4 members (excludes halogenated alkanes) is 51. The first kappa shape index (κ1) is 100. The number of hydrogen-bond acceptors (Lipinski definition) is 15. The fourth-order valence-electron chi connectivity index (χ4n) is 12.9. The molecule has 0 aliphatic carbocycles. The van der Waals surface area contributed by atoms with Gasteiger partial charge in [-0.15, -0.1) is 0 Å². The third kappa shape index (κ3) is 74.9. The quantitative estimate of drug-likeness (QED) is 0.0222. The second-order valence-corrected chi connectivity index (χ2v) is 33.5. The van der Waals surface area contributed by atoms with Gasteiger partial charge in [0.2, 0.25) is 0 Å². The van der Waals surface area contributed by atoms with Crippen molar-refractivity contribution in [2.75, 3.05) is 39.6 Å². The molecule has 0 rings (SSSR count). The van der Waals surface area contributed by atoms with Gasteiger partial charge in [0.1, 0.15) is 19.3 Å². The number of phosphoric acid groups is 2. The molecule has 0 aromatic carbocycles. The Morgan fingerprint density at radius 3 is 0.745 bits per heavy atom. The van der Waals surface area contributed by atoms with Crippen LogP contribution in [0.1, 0.15) is 440 Å². The molecule has 0 heterocycles. The van der Waals surface area contributed by atoms with Gasteiger partial charge in [-0.25, -0.2) is 9.13 Å². The molecule has 102 heavy (non-hydrogen) atoms. The highest BCUT2D eigenvalue weighted by atomic mass is 31.2. The Hall–Kier alpha value is -1.94. The number of aliphatic hydroxyl groups is 1. The third-order valence-electron chi connectivity index (χ3n) is 19.8. The van der Waals surface area contributed by atoms with E-state index in [2.05, 4.69) is 41.5 Å². The molecular formula is C83H162O17P2. The number of aliphatic hydroxyl groups excluding tert-OH is 1. The third-order valence-corrected chi connectivity index (χ3v) is 21.7. The number of ether oxygens (including phenoxy) is 4. The standard InChI is InChI=1S/C83H162O17P2/c1-7-10-12-14-16-18-20-22-23-24-25-26-27-31-36-43-49-55-61-67-82(87)99-78(71-94-81(86)66-60-54-48-42-35-32-28-30-33-39-45-51-57-63-75(4)5)73-97-101(89,90)95-69-77(84)70-96-102(91,92)98-74-79(72-93-80(85)65-59-53-47-41-34-29-21-19-17-15-13-11-8-2)100-83(88)68-62-56-50-44-38-37-40-46-52-58-64-76(6)9-3/h75-79,84H,7-74H2,1-6H3,(H,89,90)(H,91,92)/t76?,77-,78-,79-/m1/s1. The molecule has 19 heteroatoms. The van der Waals surface area contributed by atoms with Crippen molar-refractivity contribution in [1.82, 2.24) is 0 Å². The van der Waals surface area contributed by atoms with Crippen LogP contribution in [-0.2, 0) is 65.4 Å². The van der Waals surface area contributed by atoms with Crippen molar-refractivity contribution in [2.24, 2.45) is 11.8 Å². The van der Waals surface area contributed by atoms with Crippen LogP contribution in [0.5, 0.6) is 0 Å². The van der Waals surface area contributed by atoms with Gasteiger partial charge in [-0.2, -0.15) is 0 Å². The van der Waals surface area contributed by atoms with Crippen molar-refractivity contribution in [3.05, 3.63) is 0 Å². The fourth-order valence-corrected chi connectivity index (χ4v) is 14.4. The highest BCUT2D eigenvalue weighted by molar-refractivity contribution is 7.47. The van der Waals surface area contributed by atoms with Crippen LogP contribution in [0.3, 0.4) is 0 Å². The van der Waals surface area contributed by atoms with Crippen LogP contribution in [0.15, 0.2) is 0 Å². The van der Waals surface area contributed by atoms with Gasteiger partial charge >= 0.3 is 39.5 Å². The van der Waals surface area contributed by atoms with Crippen LogP contribution in [-0.4, -0.2) is 96.7 Å². The first-order valence-electron chi connectivity index (χ1n) is 43.0. The SMILES string of the molecule is CCCCCCCCCCCCCCCCCCCCCC(=O)O[C@H](COC(=O)CCCCCCCCCCCCCCCC(C)C)COP(=O)(O)OC[C@@H](O)COP(=O)(O)OC[C@@H](COC(=O)CCCCCCCCCCCCCCC)OC(=O)CCCCCCCCCCCCC(C)CC. The number of carbonyl (C=O) groups excluding carboxylic acids is 4. The zero-order valence-electron chi connectivity index (χ0n) is 66.9. The zero-order valence-corrected chi connectivity index (χ0v) is 68.7. The van der Waals surface area contributed by atoms with E-state index in [1.165, 1.54) is 257 Å². The lowest BCUT2D eigenvalue weighted by Crippen LogP contribution is -2.30. The van der Waals surface area contributed by atoms with Crippen molar-refractivity contribution in [2.45, 2.75) is 458 Å². The van der Waals surface area contributed by atoms with Gasteiger partial charge in [0.15, 0.2) is 12.2 Å². The summed E-state index contributed by atoms with van der Waals surface area (Å²) in [5.41, 5.74) is 0. The fraction of sp³-hybridized carbons (Fsp3) is 0.952. The first-order valence-corrected chi connectivity index (χ1v) is 46.0. The average Bonchev–Trinajstić information content (AvgIpc) is 0.915. The summed E-state index contributed by atoms with van der Waals surface area (Å²) in [5.74, 6) is -0.510. The van der Waals surface area contributed by atoms with Crippen LogP contribution < -0.4 is 0 Å². The van der Waals surface area contributed by atoms with E-state index in [0.29, 0.717) is 25.7 Å². The molecule has 0 radical (unpaired) electrons. The van der Waals surface area contributed by atoms with E-state index in [1.807, 2.05) is 0 Å². The molecular weight excluding hydrogens is 1330 g/mol. The second-order valence-electron chi connectivity index (χ2n) is 30.6. The average molecular weight is 1490 g/mol. The molecule has 3 N–H and O–H groups in total. The van der Waals surface area contributed by atoms with Crippen LogP contribution in [0, 0.1) is 11.8 Å². The molecule has 3 unspecified atom stereocenters. The molecule has 0 bridgehead atoms. The smallest absolute Gasteiger partial charge is 0.462 e. The summed E-state index contributed by atoms with van der Waals surface area (Å²) in [5, 5.41) is 10.7. The molecule has 0 aromatic heterocycles. The summed E-state index contributed by atoms with van der Waals surface area (Å²) in [6.45, 7) is 9.70. The number of carbonyl (C=O) groups is 4. The Balaban J connectivity index is 5.27. The van der Waals surface area contributed by atoms with E-state index in [9.17, 15) is 43.2 Å². The lowest BCUT2D eigenvalue weighted by molar-refractivity contribution is -0.161. The molecule has 0 aliphatic heterocycles. The second kappa shape index (κ2) is 74.5. The van der Waals surface area contributed by atoms with Gasteiger partial charge in [-0.3, -0.25) is 37.3 Å². The van der Waals surface area contributed by atoms with Gasteiger partial charge in [0, 0.05) is 25.7 Å². The van der Waals surface area contributed by atoms with Crippen LogP contribution >= 0.6 is 15.6 Å². The normalized spacial score (nSPS) is 14.1. The van der Waals surface area contributed by atoms with Gasteiger partial charge < -0.3 is 33.8 Å². The van der Waals surface area contributed by atoms with Gasteiger partial charge in [-0.05, 0) is 37.5 Å². The van der Waals surface area contributed by atoms with Crippen molar-refractivity contribution >= 4 is 39.5 Å². The van der Waals surface area contributed by atoms with E-state index in [0.717, 1.165) is 102 Å². The Morgan fingerprint density at radius 1 is 0.284 bits per heavy atom. The largest absolute Gasteiger partial charge is 0.472 e. The monoisotopic (exact) mass is 1490 g/mol. The molecule has 0 saturated carbocycles. The number of esters is 4. The minimum Gasteiger partial charge on any atom is -0.462 e. The van der Waals surface area contributed by atoms with Gasteiger partial charge in [0.25, 0.3) is 0 Å². The maximum absolute atomic E-state index is 13.1. The molecule has 0 amide bonds. The molecule has 606 valence electrons. The van der Waals surface area contributed by atoms with E-state index in [-0.39, 0.29) is 25.7 Å². The molecule has 0 spiro atoms. The summed E-state index contributed by atoms with van der Waals surface area (Å²) in [6, 6.07) is 0. The maximum atomic E-state index is 13.1. The van der Waals surface area contributed by atoms with Crippen LogP contribution in [0.25, 0.3) is 0 Å². The topological polar surface area (TPSA) is 237 Å². The number of hydrogen-bond donors (Lipinski definition) is 3. The summed E-state index contributed by atoms with van der Waals surface area (Å²) in [4.78, 5) is 73.2. The number of phosphoric ester groups is 2. The van der Waals surface area contributed by atoms with E-state index >= 15 is 0 Å². The highest BCUT2D eigenvalue weighted by Gasteiger charge is 2.30. The summed E-state index contributed by atoms with van der Waals surface area (Å²) < 4.78 is 68.8. The van der Waals surface area contributed by atoms with Crippen molar-refractivity contribution in [3.63, 3.8) is 0 Å². The maximum Gasteiger partial charge on any atom is 0.472 e. The van der Waals surface area contributed by atoms with Crippen LogP contribution in [0.2, 0.25) is 0 Å². The van der Waals surface area contributed by atoms with E-state index in [4.69, 9.17) is 37.0 Å². The number of rotatable bonds is 82. The first-order chi connectivity index (χ1) is 49.4. The Labute approximate surface area is 626 Å². The minimum atomic E-state index is -4.96. The molecule has 0 aliphatic rings. The molecule has 0 fully saturated rings. The predicted molar refractivity (Wildman–Crippen MR) is 418 cm³/mol. The molecule has 0 aromatic rings. The summed E-state index contributed by atoms with van der Waals surface area (Å²) in [7, 11) is -9.92. The minimum absolute atomic E-state index is 0.107. The zero-order chi connectivity index (χ0) is 74.9. The Bertz CT molecular complexity index is 1960. The van der Waals surface area contributed by atoms with Crippen molar-refractivity contribution in [1.29, 1.82) is 0 Å². The van der Waals surface area contributed by atoms with Crippen LogP contribution in [0.4, 0.5) is 0 Å². The van der Waals surface area contributed by atoms with E-state index in [1.54, 1.807) is 0 Å². The van der Waals surface area contributed by atoms with Gasteiger partial charge in [-0.1, -0.05) is 388 Å². The molecule has 6 atom stereocenters. The summed E-state index contributed by atoms with van der Waals surface area (Å²) >= 11 is 0. The lowest BCUT2D eigenvalue weighted by atomic mass is 9.99.